The van der Waals surface area contributed by atoms with Crippen molar-refractivity contribution >= 4 is 5.78 Å². The molecular weight excluding hydrogens is 302 g/mol. The summed E-state index contributed by atoms with van der Waals surface area (Å²) in [7, 11) is 0. The lowest BCUT2D eigenvalue weighted by Crippen LogP contribution is -2.27. The molecule has 0 amide bonds. The van der Waals surface area contributed by atoms with Gasteiger partial charge in [0.15, 0.2) is 12.1 Å². The third-order valence-electron chi connectivity index (χ3n) is 4.63. The van der Waals surface area contributed by atoms with Gasteiger partial charge in [0.1, 0.15) is 0 Å². The van der Waals surface area contributed by atoms with Crippen molar-refractivity contribution in [2.45, 2.75) is 70.6 Å². The van der Waals surface area contributed by atoms with Crippen LogP contribution in [0.25, 0.3) is 0 Å². The lowest BCUT2D eigenvalue weighted by Gasteiger charge is -2.13. The van der Waals surface area contributed by atoms with E-state index in [9.17, 15) is 15.0 Å². The molecule has 1 aliphatic carbocycles. The summed E-state index contributed by atoms with van der Waals surface area (Å²) < 4.78 is 0. The summed E-state index contributed by atoms with van der Waals surface area (Å²) in [5, 5.41) is 21.7. The van der Waals surface area contributed by atoms with E-state index in [2.05, 4.69) is 18.8 Å². The maximum absolute atomic E-state index is 12.1. The summed E-state index contributed by atoms with van der Waals surface area (Å²) in [6.07, 6.45) is 13.8. The Balaban J connectivity index is 2.28. The second-order valence-electron chi connectivity index (χ2n) is 6.58. The van der Waals surface area contributed by atoms with E-state index < -0.39 is 6.29 Å². The van der Waals surface area contributed by atoms with Crippen molar-refractivity contribution in [3.63, 3.8) is 0 Å². The standard InChI is InChI=1S/C20H33NO3/c1-3-5-6-7-11-19(22)16(4-2)10-8-9-14-21-18-13-12-17(15-18)20(23)24/h4,8-10,17-18,20-21,23-24H,2-3,5-7,11-15H2,1H3/b9-8+,16-10+/t17?,18-/m0/s1. The minimum Gasteiger partial charge on any atom is -0.368 e. The Bertz CT molecular complexity index is 440. The molecule has 2 atom stereocenters. The van der Waals surface area contributed by atoms with Crippen LogP contribution >= 0.6 is 0 Å². The van der Waals surface area contributed by atoms with Crippen molar-refractivity contribution < 1.29 is 15.0 Å². The van der Waals surface area contributed by atoms with Gasteiger partial charge in [0.2, 0.25) is 0 Å². The Morgan fingerprint density at radius 3 is 2.71 bits per heavy atom. The summed E-state index contributed by atoms with van der Waals surface area (Å²) in [5.41, 5.74) is 0.673. The van der Waals surface area contributed by atoms with Crippen LogP contribution in [0.5, 0.6) is 0 Å². The van der Waals surface area contributed by atoms with Gasteiger partial charge in [-0.15, -0.1) is 0 Å². The third kappa shape index (κ3) is 8.04. The van der Waals surface area contributed by atoms with Gasteiger partial charge in [-0.1, -0.05) is 57.1 Å². The Morgan fingerprint density at radius 2 is 2.08 bits per heavy atom. The molecule has 3 N–H and O–H groups in total. The summed E-state index contributed by atoms with van der Waals surface area (Å²) in [6, 6.07) is 0.338. The molecule has 0 radical (unpaired) electrons. The Hall–Kier alpha value is -1.23. The topological polar surface area (TPSA) is 69.6 Å². The van der Waals surface area contributed by atoms with Crippen LogP contribution in [0.2, 0.25) is 0 Å². The first kappa shape index (κ1) is 20.8. The van der Waals surface area contributed by atoms with Gasteiger partial charge >= 0.3 is 0 Å². The van der Waals surface area contributed by atoms with Crippen LogP contribution in [0.15, 0.2) is 36.5 Å². The molecular formula is C20H33NO3. The highest BCUT2D eigenvalue weighted by Crippen LogP contribution is 2.27. The van der Waals surface area contributed by atoms with E-state index in [0.29, 0.717) is 24.6 Å². The maximum atomic E-state index is 12.1. The summed E-state index contributed by atoms with van der Waals surface area (Å²) >= 11 is 0. The fourth-order valence-corrected chi connectivity index (χ4v) is 3.08. The lowest BCUT2D eigenvalue weighted by atomic mass is 10.0. The molecule has 0 saturated heterocycles. The molecule has 1 unspecified atom stereocenters. The van der Waals surface area contributed by atoms with E-state index in [0.717, 1.165) is 32.1 Å². The van der Waals surface area contributed by atoms with Crippen molar-refractivity contribution in [3.8, 4) is 0 Å². The van der Waals surface area contributed by atoms with Gasteiger partial charge in [-0.05, 0) is 25.7 Å². The Morgan fingerprint density at radius 1 is 1.29 bits per heavy atom. The highest BCUT2D eigenvalue weighted by molar-refractivity contribution is 5.98. The molecule has 1 aliphatic rings. The lowest BCUT2D eigenvalue weighted by molar-refractivity contribution is -0.115. The zero-order valence-corrected chi connectivity index (χ0v) is 14.9. The highest BCUT2D eigenvalue weighted by atomic mass is 16.5. The van der Waals surface area contributed by atoms with E-state index in [1.165, 1.54) is 12.8 Å². The third-order valence-corrected chi connectivity index (χ3v) is 4.63. The van der Waals surface area contributed by atoms with E-state index >= 15 is 0 Å². The predicted molar refractivity (Wildman–Crippen MR) is 98.5 cm³/mol. The SMILES string of the molecule is C=C/C(=C\C=C\CN[C@H]1CCC(C(O)O)C1)C(=O)CCCCCC. The minimum atomic E-state index is -1.20. The molecule has 4 heteroatoms. The molecule has 4 nitrogen and oxygen atoms in total. The number of aliphatic hydroxyl groups is 2. The quantitative estimate of drug-likeness (QED) is 0.222. The van der Waals surface area contributed by atoms with Crippen molar-refractivity contribution in [1.29, 1.82) is 0 Å². The van der Waals surface area contributed by atoms with E-state index in [1.54, 1.807) is 6.08 Å². The van der Waals surface area contributed by atoms with Crippen LogP contribution in [0.4, 0.5) is 0 Å². The number of hydrogen-bond acceptors (Lipinski definition) is 4. The van der Waals surface area contributed by atoms with Gasteiger partial charge in [0, 0.05) is 30.5 Å². The monoisotopic (exact) mass is 335 g/mol. The van der Waals surface area contributed by atoms with Crippen LogP contribution in [0, 0.1) is 5.92 Å². The molecule has 0 aliphatic heterocycles. The van der Waals surface area contributed by atoms with Crippen molar-refractivity contribution in [2.24, 2.45) is 5.92 Å². The summed E-state index contributed by atoms with van der Waals surface area (Å²) in [5.74, 6) is 0.151. The first-order valence-electron chi connectivity index (χ1n) is 9.20. The van der Waals surface area contributed by atoms with Gasteiger partial charge in [0.25, 0.3) is 0 Å². The van der Waals surface area contributed by atoms with Gasteiger partial charge in [-0.3, -0.25) is 4.79 Å². The summed E-state index contributed by atoms with van der Waals surface area (Å²) in [4.78, 5) is 12.1. The van der Waals surface area contributed by atoms with E-state index in [1.807, 2.05) is 18.2 Å². The van der Waals surface area contributed by atoms with Crippen molar-refractivity contribution in [3.05, 3.63) is 36.5 Å². The average molecular weight is 335 g/mol. The number of carbonyl (C=O) groups excluding carboxylic acids is 1. The zero-order chi connectivity index (χ0) is 17.8. The molecule has 0 aromatic carbocycles. The van der Waals surface area contributed by atoms with E-state index in [-0.39, 0.29) is 11.7 Å². The van der Waals surface area contributed by atoms with Crippen LogP contribution < -0.4 is 5.32 Å². The number of nitrogens with one attached hydrogen (secondary N) is 1. The number of unbranched alkanes of at least 4 members (excludes halogenated alkanes) is 3. The number of aliphatic hydroxyl groups excluding tert-OH is 1. The maximum Gasteiger partial charge on any atom is 0.162 e. The Labute approximate surface area is 146 Å². The van der Waals surface area contributed by atoms with Crippen molar-refractivity contribution in [2.75, 3.05) is 6.54 Å². The number of Topliss-reactive ketones (excluding diaryl/α,β-unsaturated/α-hetero) is 1. The number of rotatable bonds is 12. The smallest absolute Gasteiger partial charge is 0.162 e. The van der Waals surface area contributed by atoms with Crippen LogP contribution in [0.1, 0.15) is 58.3 Å². The molecule has 1 rings (SSSR count). The zero-order valence-electron chi connectivity index (χ0n) is 14.9. The Kier molecular flexibility index (Phi) is 10.6. The molecule has 0 heterocycles. The first-order chi connectivity index (χ1) is 11.6. The normalized spacial score (nSPS) is 21.8. The fraction of sp³-hybridized carbons (Fsp3) is 0.650. The van der Waals surface area contributed by atoms with Crippen LogP contribution in [0.3, 0.4) is 0 Å². The largest absolute Gasteiger partial charge is 0.368 e. The van der Waals surface area contributed by atoms with Gasteiger partial charge in [-0.2, -0.15) is 0 Å². The number of carbonyl (C=O) groups is 1. The molecule has 0 bridgehead atoms. The fourth-order valence-electron chi connectivity index (χ4n) is 3.08. The summed E-state index contributed by atoms with van der Waals surface area (Å²) in [6.45, 7) is 6.60. The molecule has 0 aromatic rings. The van der Waals surface area contributed by atoms with Gasteiger partial charge in [-0.25, -0.2) is 0 Å². The number of allylic oxidation sites excluding steroid dienone is 4. The van der Waals surface area contributed by atoms with Crippen LogP contribution in [-0.4, -0.2) is 34.9 Å². The molecule has 0 aromatic heterocycles. The molecule has 24 heavy (non-hydrogen) atoms. The molecule has 1 saturated carbocycles. The van der Waals surface area contributed by atoms with Crippen molar-refractivity contribution in [1.82, 2.24) is 5.32 Å². The van der Waals surface area contributed by atoms with Crippen LogP contribution in [-0.2, 0) is 4.79 Å². The van der Waals surface area contributed by atoms with Gasteiger partial charge in [0.05, 0.1) is 0 Å². The highest BCUT2D eigenvalue weighted by Gasteiger charge is 2.28. The minimum absolute atomic E-state index is 0.0101. The predicted octanol–water partition coefficient (Wildman–Crippen LogP) is 3.26. The van der Waals surface area contributed by atoms with E-state index in [4.69, 9.17) is 0 Å². The number of ketones is 1. The number of hydrogen-bond donors (Lipinski definition) is 3. The molecule has 0 spiro atoms. The second-order valence-corrected chi connectivity index (χ2v) is 6.58. The molecule has 136 valence electrons. The first-order valence-corrected chi connectivity index (χ1v) is 9.20. The van der Waals surface area contributed by atoms with Gasteiger partial charge < -0.3 is 15.5 Å². The second kappa shape index (κ2) is 12.2. The average Bonchev–Trinajstić information content (AvgIpc) is 3.04. The molecule has 1 fully saturated rings.